The van der Waals surface area contributed by atoms with Gasteiger partial charge in [0.1, 0.15) is 17.0 Å². The minimum Gasteiger partial charge on any atom is -0.507 e. The summed E-state index contributed by atoms with van der Waals surface area (Å²) in [5, 5.41) is 20.4. The monoisotopic (exact) mass is 237 g/mol. The lowest BCUT2D eigenvalue weighted by molar-refractivity contribution is -0.380. The van der Waals surface area contributed by atoms with Gasteiger partial charge in [0.25, 0.3) is 0 Å². The maximum atomic E-state index is 10.5. The second-order valence-electron chi connectivity index (χ2n) is 3.00. The fraction of sp³-hybridized carbons (Fsp3) is 0. The average Bonchev–Trinajstić information content (AvgIpc) is 2.66. The summed E-state index contributed by atoms with van der Waals surface area (Å²) in [7, 11) is 0. The highest BCUT2D eigenvalue weighted by molar-refractivity contribution is 7.18. The first-order chi connectivity index (χ1) is 7.59. The largest absolute Gasteiger partial charge is 0.507 e. The quantitative estimate of drug-likeness (QED) is 0.472. The molecule has 0 amide bonds. The van der Waals surface area contributed by atoms with Crippen molar-refractivity contribution in [2.75, 3.05) is 5.73 Å². The third kappa shape index (κ3) is 1.68. The lowest BCUT2D eigenvalue weighted by Gasteiger charge is -2.03. The number of anilines is 1. The van der Waals surface area contributed by atoms with E-state index in [9.17, 15) is 15.2 Å². The van der Waals surface area contributed by atoms with E-state index < -0.39 is 4.92 Å². The number of nitrogen functional groups attached to an aromatic ring is 1. The summed E-state index contributed by atoms with van der Waals surface area (Å²) >= 11 is 0.872. The van der Waals surface area contributed by atoms with Crippen molar-refractivity contribution in [1.29, 1.82) is 0 Å². The highest BCUT2D eigenvalue weighted by Gasteiger charge is 2.17. The molecule has 0 aliphatic rings. The minimum atomic E-state index is -0.530. The highest BCUT2D eigenvalue weighted by atomic mass is 32.1. The molecule has 1 aromatic carbocycles. The number of phenolic OH excluding ortho intramolecular Hbond substituents is 1. The van der Waals surface area contributed by atoms with Crippen molar-refractivity contribution in [1.82, 2.24) is 4.98 Å². The Kier molecular flexibility index (Phi) is 2.45. The number of hydrogen-bond acceptors (Lipinski definition) is 6. The van der Waals surface area contributed by atoms with Crippen LogP contribution in [0.4, 0.5) is 10.7 Å². The van der Waals surface area contributed by atoms with Gasteiger partial charge in [-0.2, -0.15) is 0 Å². The van der Waals surface area contributed by atoms with Crippen LogP contribution >= 0.6 is 11.3 Å². The first kappa shape index (κ1) is 10.4. The van der Waals surface area contributed by atoms with Crippen molar-refractivity contribution in [3.8, 4) is 16.3 Å². The fourth-order valence-corrected chi connectivity index (χ4v) is 2.06. The number of hydrogen-bond donors (Lipinski definition) is 2. The summed E-state index contributed by atoms with van der Waals surface area (Å²) in [5.74, 6) is -0.0377. The van der Waals surface area contributed by atoms with Gasteiger partial charge in [-0.05, 0) is 23.5 Å². The Morgan fingerprint density at radius 1 is 1.50 bits per heavy atom. The Labute approximate surface area is 94.1 Å². The van der Waals surface area contributed by atoms with E-state index in [1.807, 2.05) is 0 Å². The Balaban J connectivity index is 2.54. The van der Waals surface area contributed by atoms with Gasteiger partial charge < -0.3 is 10.8 Å². The van der Waals surface area contributed by atoms with Crippen LogP contribution in [0.3, 0.4) is 0 Å². The Hall–Kier alpha value is -2.15. The number of aromatic nitrogens is 1. The van der Waals surface area contributed by atoms with Crippen molar-refractivity contribution in [2.45, 2.75) is 0 Å². The molecule has 0 saturated carbocycles. The second kappa shape index (κ2) is 3.78. The van der Waals surface area contributed by atoms with E-state index in [4.69, 9.17) is 5.73 Å². The molecule has 0 unspecified atom stereocenters. The van der Waals surface area contributed by atoms with Crippen molar-refractivity contribution in [2.24, 2.45) is 0 Å². The second-order valence-corrected chi connectivity index (χ2v) is 4.01. The first-order valence-electron chi connectivity index (χ1n) is 4.27. The van der Waals surface area contributed by atoms with Gasteiger partial charge in [-0.3, -0.25) is 10.1 Å². The van der Waals surface area contributed by atoms with Crippen molar-refractivity contribution in [3.05, 3.63) is 34.5 Å². The van der Waals surface area contributed by atoms with Crippen LogP contribution in [0.1, 0.15) is 0 Å². The standard InChI is InChI=1S/C9H7N3O3S/c10-5-2-1-3-6(13)8(5)9-11-4-7(16-9)12(14)15/h1-4,13H,10H2. The lowest BCUT2D eigenvalue weighted by Crippen LogP contribution is -1.89. The van der Waals surface area contributed by atoms with Crippen LogP contribution in [0.25, 0.3) is 10.6 Å². The number of phenols is 1. The summed E-state index contributed by atoms with van der Waals surface area (Å²) < 4.78 is 0. The van der Waals surface area contributed by atoms with E-state index in [0.717, 1.165) is 17.5 Å². The maximum absolute atomic E-state index is 10.5. The van der Waals surface area contributed by atoms with Crippen LogP contribution in [0.15, 0.2) is 24.4 Å². The Bertz CT molecular complexity index is 532. The van der Waals surface area contributed by atoms with Gasteiger partial charge in [-0.25, -0.2) is 4.98 Å². The SMILES string of the molecule is Nc1cccc(O)c1-c1ncc([N+](=O)[O-])s1. The molecule has 82 valence electrons. The van der Waals surface area contributed by atoms with Crippen LogP contribution in [-0.2, 0) is 0 Å². The molecule has 16 heavy (non-hydrogen) atoms. The number of thiazole rings is 1. The minimum absolute atomic E-state index is 0.0377. The summed E-state index contributed by atoms with van der Waals surface area (Å²) in [5.41, 5.74) is 6.35. The molecule has 0 aliphatic heterocycles. The van der Waals surface area contributed by atoms with Crippen LogP contribution in [-0.4, -0.2) is 15.0 Å². The number of nitrogens with two attached hydrogens (primary N) is 1. The third-order valence-corrected chi connectivity index (χ3v) is 2.93. The zero-order chi connectivity index (χ0) is 11.7. The number of nitrogens with zero attached hydrogens (tertiary/aromatic N) is 2. The summed E-state index contributed by atoms with van der Waals surface area (Å²) in [4.78, 5) is 13.8. The number of rotatable bonds is 2. The smallest absolute Gasteiger partial charge is 0.344 e. The number of benzene rings is 1. The molecular formula is C9H7N3O3S. The van der Waals surface area contributed by atoms with Gasteiger partial charge in [0, 0.05) is 5.69 Å². The summed E-state index contributed by atoms with van der Waals surface area (Å²) in [6.45, 7) is 0. The molecule has 3 N–H and O–H groups in total. The van der Waals surface area contributed by atoms with Crippen molar-refractivity contribution in [3.63, 3.8) is 0 Å². The Morgan fingerprint density at radius 2 is 2.25 bits per heavy atom. The predicted molar refractivity (Wildman–Crippen MR) is 60.3 cm³/mol. The maximum Gasteiger partial charge on any atom is 0.344 e. The zero-order valence-electron chi connectivity index (χ0n) is 7.95. The molecule has 0 aliphatic carbocycles. The predicted octanol–water partition coefficient (Wildman–Crippen LogP) is 2.01. The molecule has 2 rings (SSSR count). The number of nitro groups is 1. The van der Waals surface area contributed by atoms with E-state index in [1.54, 1.807) is 12.1 Å². The molecule has 0 fully saturated rings. The molecule has 6 nitrogen and oxygen atoms in total. The van der Waals surface area contributed by atoms with Crippen LogP contribution in [0.2, 0.25) is 0 Å². The summed E-state index contributed by atoms with van der Waals surface area (Å²) in [6.07, 6.45) is 1.14. The number of aromatic hydroxyl groups is 1. The summed E-state index contributed by atoms with van der Waals surface area (Å²) in [6, 6.07) is 4.65. The lowest BCUT2D eigenvalue weighted by atomic mass is 10.1. The van der Waals surface area contributed by atoms with Crippen molar-refractivity contribution < 1.29 is 10.0 Å². The molecular weight excluding hydrogens is 230 g/mol. The normalized spacial score (nSPS) is 10.2. The molecule has 0 spiro atoms. The first-order valence-corrected chi connectivity index (χ1v) is 5.09. The molecule has 7 heteroatoms. The van der Waals surface area contributed by atoms with Gasteiger partial charge in [0.15, 0.2) is 0 Å². The molecule has 0 atom stereocenters. The Morgan fingerprint density at radius 3 is 2.81 bits per heavy atom. The van der Waals surface area contributed by atoms with E-state index in [1.165, 1.54) is 6.07 Å². The van der Waals surface area contributed by atoms with Gasteiger partial charge in [0.2, 0.25) is 0 Å². The van der Waals surface area contributed by atoms with Crippen LogP contribution in [0.5, 0.6) is 5.75 Å². The average molecular weight is 237 g/mol. The molecule has 0 saturated heterocycles. The molecule has 1 aromatic heterocycles. The van der Waals surface area contributed by atoms with E-state index in [2.05, 4.69) is 4.98 Å². The highest BCUT2D eigenvalue weighted by Crippen LogP contribution is 2.38. The van der Waals surface area contributed by atoms with Crippen molar-refractivity contribution >= 4 is 22.0 Å². The van der Waals surface area contributed by atoms with E-state index >= 15 is 0 Å². The van der Waals surface area contributed by atoms with Gasteiger partial charge in [0.05, 0.1) is 10.5 Å². The topological polar surface area (TPSA) is 102 Å². The molecule has 0 radical (unpaired) electrons. The third-order valence-electron chi connectivity index (χ3n) is 1.96. The van der Waals surface area contributed by atoms with Crippen LogP contribution < -0.4 is 5.73 Å². The van der Waals surface area contributed by atoms with Crippen LogP contribution in [0, 0.1) is 10.1 Å². The molecule has 2 aromatic rings. The van der Waals surface area contributed by atoms with E-state index in [-0.39, 0.29) is 10.8 Å². The van der Waals surface area contributed by atoms with E-state index in [0.29, 0.717) is 16.3 Å². The molecule has 0 bridgehead atoms. The van der Waals surface area contributed by atoms with Gasteiger partial charge in [-0.15, -0.1) is 0 Å². The molecule has 1 heterocycles. The van der Waals surface area contributed by atoms with Gasteiger partial charge in [-0.1, -0.05) is 6.07 Å². The zero-order valence-corrected chi connectivity index (χ0v) is 8.77. The fourth-order valence-electron chi connectivity index (χ4n) is 1.26. The van der Waals surface area contributed by atoms with Gasteiger partial charge >= 0.3 is 5.00 Å².